The predicted octanol–water partition coefficient (Wildman–Crippen LogP) is -0.467. The van der Waals surface area contributed by atoms with Crippen molar-refractivity contribution in [3.8, 4) is 0 Å². The van der Waals surface area contributed by atoms with Crippen molar-refractivity contribution < 1.29 is 4.79 Å². The standard InChI is InChI=1S/C10H19N5O/c1-3-12-10(16)8-14(2)6-7-15-5-4-9(11)13-15/h4-5H,3,6-8H2,1-2H3,(H2,11,13)(H,12,16). The van der Waals surface area contributed by atoms with Crippen LogP contribution in [0.4, 0.5) is 5.82 Å². The van der Waals surface area contributed by atoms with Crippen molar-refractivity contribution in [2.45, 2.75) is 13.5 Å². The van der Waals surface area contributed by atoms with Gasteiger partial charge in [-0.25, -0.2) is 0 Å². The Labute approximate surface area is 95.4 Å². The molecule has 1 amide bonds. The number of carbonyl (C=O) groups is 1. The second-order valence-electron chi connectivity index (χ2n) is 3.69. The summed E-state index contributed by atoms with van der Waals surface area (Å²) in [6, 6.07) is 1.75. The Hall–Kier alpha value is -1.56. The zero-order valence-corrected chi connectivity index (χ0v) is 9.81. The molecule has 0 aliphatic heterocycles. The Kier molecular flexibility index (Phi) is 4.78. The van der Waals surface area contributed by atoms with E-state index in [1.165, 1.54) is 0 Å². The molecule has 0 saturated heterocycles. The quantitative estimate of drug-likeness (QED) is 0.686. The molecule has 6 nitrogen and oxygen atoms in total. The lowest BCUT2D eigenvalue weighted by molar-refractivity contribution is -0.121. The van der Waals surface area contributed by atoms with Crippen molar-refractivity contribution >= 4 is 11.7 Å². The molecule has 0 atom stereocenters. The summed E-state index contributed by atoms with van der Waals surface area (Å²) in [5, 5.41) is 6.82. The SMILES string of the molecule is CCNC(=O)CN(C)CCn1ccc(N)n1. The number of hydrogen-bond donors (Lipinski definition) is 2. The van der Waals surface area contributed by atoms with E-state index in [1.54, 1.807) is 10.7 Å². The van der Waals surface area contributed by atoms with Crippen molar-refractivity contribution in [1.82, 2.24) is 20.0 Å². The highest BCUT2D eigenvalue weighted by atomic mass is 16.1. The van der Waals surface area contributed by atoms with Gasteiger partial charge in [0.15, 0.2) is 0 Å². The van der Waals surface area contributed by atoms with Gasteiger partial charge in [-0.1, -0.05) is 0 Å². The van der Waals surface area contributed by atoms with Crippen molar-refractivity contribution in [2.75, 3.05) is 32.4 Å². The maximum atomic E-state index is 11.3. The van der Waals surface area contributed by atoms with Gasteiger partial charge >= 0.3 is 0 Å². The fraction of sp³-hybridized carbons (Fsp3) is 0.600. The highest BCUT2D eigenvalue weighted by molar-refractivity contribution is 5.77. The molecule has 0 aromatic carbocycles. The van der Waals surface area contributed by atoms with Crippen LogP contribution in [0.2, 0.25) is 0 Å². The number of nitrogens with zero attached hydrogens (tertiary/aromatic N) is 3. The van der Waals surface area contributed by atoms with Crippen LogP contribution in [-0.2, 0) is 11.3 Å². The summed E-state index contributed by atoms with van der Waals surface area (Å²) in [7, 11) is 1.90. The maximum absolute atomic E-state index is 11.3. The van der Waals surface area contributed by atoms with E-state index in [-0.39, 0.29) is 5.91 Å². The molecule has 0 fully saturated rings. The predicted molar refractivity (Wildman–Crippen MR) is 62.8 cm³/mol. The van der Waals surface area contributed by atoms with Crippen LogP contribution in [0.25, 0.3) is 0 Å². The van der Waals surface area contributed by atoms with Gasteiger partial charge in [-0.15, -0.1) is 0 Å². The summed E-state index contributed by atoms with van der Waals surface area (Å²) < 4.78 is 1.77. The zero-order chi connectivity index (χ0) is 12.0. The molecule has 3 N–H and O–H groups in total. The first-order valence-electron chi connectivity index (χ1n) is 5.36. The smallest absolute Gasteiger partial charge is 0.234 e. The molecule has 0 bridgehead atoms. The molecular formula is C10H19N5O. The van der Waals surface area contributed by atoms with E-state index >= 15 is 0 Å². The van der Waals surface area contributed by atoms with Gasteiger partial charge in [-0.05, 0) is 20.0 Å². The van der Waals surface area contributed by atoms with Crippen LogP contribution in [0.5, 0.6) is 0 Å². The Balaban J connectivity index is 2.24. The summed E-state index contributed by atoms with van der Waals surface area (Å²) in [6.45, 7) is 4.47. The number of aromatic nitrogens is 2. The van der Waals surface area contributed by atoms with Gasteiger partial charge in [-0.2, -0.15) is 5.10 Å². The third-order valence-corrected chi connectivity index (χ3v) is 2.16. The number of likely N-dealkylation sites (N-methyl/N-ethyl adjacent to an activating group) is 2. The summed E-state index contributed by atoms with van der Waals surface area (Å²) in [4.78, 5) is 13.2. The van der Waals surface area contributed by atoms with Crippen LogP contribution in [-0.4, -0.2) is 47.3 Å². The number of carbonyl (C=O) groups excluding carboxylic acids is 1. The Morgan fingerprint density at radius 1 is 1.69 bits per heavy atom. The van der Waals surface area contributed by atoms with Crippen LogP contribution in [0.1, 0.15) is 6.92 Å². The third kappa shape index (κ3) is 4.31. The number of nitrogen functional groups attached to an aromatic ring is 1. The third-order valence-electron chi connectivity index (χ3n) is 2.16. The number of rotatable bonds is 6. The average molecular weight is 225 g/mol. The molecule has 1 heterocycles. The van der Waals surface area contributed by atoms with E-state index in [9.17, 15) is 4.79 Å². The van der Waals surface area contributed by atoms with Crippen LogP contribution in [0.3, 0.4) is 0 Å². The Morgan fingerprint density at radius 3 is 3.00 bits per heavy atom. The molecule has 0 aliphatic rings. The van der Waals surface area contributed by atoms with Gasteiger partial charge in [0.2, 0.25) is 5.91 Å². The molecule has 16 heavy (non-hydrogen) atoms. The summed E-state index contributed by atoms with van der Waals surface area (Å²) >= 11 is 0. The average Bonchev–Trinajstić information content (AvgIpc) is 2.61. The number of anilines is 1. The minimum atomic E-state index is 0.0463. The Bertz CT molecular complexity index is 336. The first kappa shape index (κ1) is 12.5. The largest absolute Gasteiger partial charge is 0.382 e. The lowest BCUT2D eigenvalue weighted by Gasteiger charge is -2.15. The van der Waals surface area contributed by atoms with Crippen molar-refractivity contribution in [3.05, 3.63) is 12.3 Å². The Morgan fingerprint density at radius 2 is 2.44 bits per heavy atom. The molecule has 1 aromatic heterocycles. The van der Waals surface area contributed by atoms with Gasteiger partial charge in [0.05, 0.1) is 13.1 Å². The lowest BCUT2D eigenvalue weighted by Crippen LogP contribution is -2.36. The number of nitrogens with two attached hydrogens (primary N) is 1. The van der Waals surface area contributed by atoms with E-state index in [4.69, 9.17) is 5.73 Å². The van der Waals surface area contributed by atoms with Crippen molar-refractivity contribution in [1.29, 1.82) is 0 Å². The monoisotopic (exact) mass is 225 g/mol. The van der Waals surface area contributed by atoms with Crippen molar-refractivity contribution in [3.63, 3.8) is 0 Å². The van der Waals surface area contributed by atoms with E-state index in [1.807, 2.05) is 25.1 Å². The van der Waals surface area contributed by atoms with Crippen LogP contribution in [0.15, 0.2) is 12.3 Å². The summed E-state index contributed by atoms with van der Waals surface area (Å²) in [6.07, 6.45) is 1.83. The van der Waals surface area contributed by atoms with Crippen molar-refractivity contribution in [2.24, 2.45) is 0 Å². The van der Waals surface area contributed by atoms with Crippen LogP contribution < -0.4 is 11.1 Å². The molecular weight excluding hydrogens is 206 g/mol. The van der Waals surface area contributed by atoms with E-state index in [0.717, 1.165) is 13.1 Å². The van der Waals surface area contributed by atoms with Gasteiger partial charge in [-0.3, -0.25) is 14.4 Å². The molecule has 1 aromatic rings. The fourth-order valence-corrected chi connectivity index (χ4v) is 1.35. The normalized spacial score (nSPS) is 10.7. The van der Waals surface area contributed by atoms with Crippen LogP contribution >= 0.6 is 0 Å². The van der Waals surface area contributed by atoms with E-state index in [2.05, 4.69) is 10.4 Å². The zero-order valence-electron chi connectivity index (χ0n) is 9.81. The summed E-state index contributed by atoms with van der Waals surface area (Å²) in [5.41, 5.74) is 5.50. The van der Waals surface area contributed by atoms with E-state index in [0.29, 0.717) is 18.9 Å². The van der Waals surface area contributed by atoms with Gasteiger partial charge < -0.3 is 11.1 Å². The van der Waals surface area contributed by atoms with Gasteiger partial charge in [0.25, 0.3) is 0 Å². The molecule has 0 saturated carbocycles. The molecule has 0 aliphatic carbocycles. The molecule has 6 heteroatoms. The number of amides is 1. The highest BCUT2D eigenvalue weighted by Crippen LogP contribution is 1.95. The lowest BCUT2D eigenvalue weighted by atomic mass is 10.4. The first-order valence-corrected chi connectivity index (χ1v) is 5.36. The van der Waals surface area contributed by atoms with Gasteiger partial charge in [0.1, 0.15) is 5.82 Å². The molecule has 0 unspecified atom stereocenters. The van der Waals surface area contributed by atoms with Crippen LogP contribution in [0, 0.1) is 0 Å². The fourth-order valence-electron chi connectivity index (χ4n) is 1.35. The van der Waals surface area contributed by atoms with Gasteiger partial charge in [0, 0.05) is 19.3 Å². The highest BCUT2D eigenvalue weighted by Gasteiger charge is 2.05. The molecule has 90 valence electrons. The number of nitrogens with one attached hydrogen (secondary N) is 1. The minimum absolute atomic E-state index is 0.0463. The second kappa shape index (κ2) is 6.12. The first-order chi connectivity index (χ1) is 7.61. The molecule has 0 spiro atoms. The molecule has 0 radical (unpaired) electrons. The number of hydrogen-bond acceptors (Lipinski definition) is 4. The minimum Gasteiger partial charge on any atom is -0.382 e. The topological polar surface area (TPSA) is 76.2 Å². The molecule has 1 rings (SSSR count). The van der Waals surface area contributed by atoms with E-state index < -0.39 is 0 Å². The second-order valence-corrected chi connectivity index (χ2v) is 3.69. The maximum Gasteiger partial charge on any atom is 0.234 e. The summed E-state index contributed by atoms with van der Waals surface area (Å²) in [5.74, 6) is 0.566.